The minimum absolute atomic E-state index is 0.0558. The van der Waals surface area contributed by atoms with Crippen molar-refractivity contribution in [2.24, 2.45) is 0 Å². The van der Waals surface area contributed by atoms with E-state index < -0.39 is 10.0 Å². The molecule has 1 aromatic rings. The number of hydrogen-bond acceptors (Lipinski definition) is 3. The van der Waals surface area contributed by atoms with Gasteiger partial charge in [-0.3, -0.25) is 5.21 Å². The van der Waals surface area contributed by atoms with Gasteiger partial charge in [0.15, 0.2) is 0 Å². The molecule has 0 fully saturated rings. The van der Waals surface area contributed by atoms with Crippen molar-refractivity contribution < 1.29 is 13.6 Å². The van der Waals surface area contributed by atoms with Crippen molar-refractivity contribution >= 4 is 37.6 Å². The molecule has 78 valence electrons. The second-order valence-electron chi connectivity index (χ2n) is 2.51. The minimum atomic E-state index is -3.89. The van der Waals surface area contributed by atoms with E-state index in [2.05, 4.69) is 15.9 Å². The predicted octanol–water partition coefficient (Wildman–Crippen LogP) is 2.11. The van der Waals surface area contributed by atoms with Gasteiger partial charge in [-0.1, -0.05) is 32.0 Å². The first-order valence-corrected chi connectivity index (χ1v) is 6.09. The van der Waals surface area contributed by atoms with Crippen LogP contribution in [-0.2, 0) is 10.0 Å². The van der Waals surface area contributed by atoms with E-state index in [4.69, 9.17) is 16.8 Å². The maximum atomic E-state index is 11.4. The molecule has 0 saturated heterocycles. The Balaban J connectivity index is 3.35. The van der Waals surface area contributed by atoms with Gasteiger partial charge in [0, 0.05) is 11.5 Å². The van der Waals surface area contributed by atoms with Crippen LogP contribution in [0.15, 0.2) is 27.6 Å². The second-order valence-corrected chi connectivity index (χ2v) is 5.76. The Kier molecular flexibility index (Phi) is 3.54. The molecular formula is C7H7BrClNO3S. The maximum Gasteiger partial charge on any atom is 0.266 e. The molecule has 1 N–H and O–H groups in total. The van der Waals surface area contributed by atoms with Crippen molar-refractivity contribution in [3.8, 4) is 0 Å². The molecule has 0 heterocycles. The number of sulfonamides is 1. The lowest BCUT2D eigenvalue weighted by Crippen LogP contribution is -2.23. The molecule has 0 radical (unpaired) electrons. The van der Waals surface area contributed by atoms with Crippen LogP contribution >= 0.6 is 27.5 Å². The van der Waals surface area contributed by atoms with Crippen molar-refractivity contribution in [1.29, 1.82) is 0 Å². The molecule has 0 aliphatic carbocycles. The SMILES string of the molecule is CN(O)S(=O)(=O)c1ccc(Br)cc1Cl. The van der Waals surface area contributed by atoms with Gasteiger partial charge in [0.05, 0.1) is 5.02 Å². The van der Waals surface area contributed by atoms with Crippen LogP contribution in [0.3, 0.4) is 0 Å². The van der Waals surface area contributed by atoms with Crippen LogP contribution in [0.4, 0.5) is 0 Å². The van der Waals surface area contributed by atoms with Gasteiger partial charge in [-0.25, -0.2) is 8.42 Å². The molecule has 0 unspecified atom stereocenters. The van der Waals surface area contributed by atoms with Crippen molar-refractivity contribution in [2.45, 2.75) is 4.90 Å². The van der Waals surface area contributed by atoms with Gasteiger partial charge in [-0.15, -0.1) is 0 Å². The van der Waals surface area contributed by atoms with Crippen molar-refractivity contribution in [2.75, 3.05) is 7.05 Å². The van der Waals surface area contributed by atoms with E-state index in [0.717, 1.165) is 7.05 Å². The maximum absolute atomic E-state index is 11.4. The standard InChI is InChI=1S/C7H7BrClNO3S/c1-10(11)14(12,13)7-3-2-5(8)4-6(7)9/h2-4,11H,1H3. The topological polar surface area (TPSA) is 57.6 Å². The Morgan fingerprint density at radius 3 is 2.50 bits per heavy atom. The van der Waals surface area contributed by atoms with Gasteiger partial charge in [-0.05, 0) is 18.2 Å². The Morgan fingerprint density at radius 2 is 2.07 bits per heavy atom. The second kappa shape index (κ2) is 4.16. The fraction of sp³-hybridized carbons (Fsp3) is 0.143. The first-order chi connectivity index (χ1) is 6.35. The molecule has 0 aliphatic rings. The van der Waals surface area contributed by atoms with Crippen molar-refractivity contribution in [1.82, 2.24) is 4.47 Å². The third-order valence-electron chi connectivity index (χ3n) is 1.52. The molecule has 0 aromatic heterocycles. The van der Waals surface area contributed by atoms with Crippen LogP contribution in [-0.4, -0.2) is 25.1 Å². The minimum Gasteiger partial charge on any atom is -0.299 e. The lowest BCUT2D eigenvalue weighted by Gasteiger charge is -2.10. The van der Waals surface area contributed by atoms with Gasteiger partial charge in [0.2, 0.25) is 0 Å². The summed E-state index contributed by atoms with van der Waals surface area (Å²) >= 11 is 8.86. The Morgan fingerprint density at radius 1 is 1.50 bits per heavy atom. The Labute approximate surface area is 95.2 Å². The molecule has 1 rings (SSSR count). The van der Waals surface area contributed by atoms with Crippen molar-refractivity contribution in [3.05, 3.63) is 27.7 Å². The summed E-state index contributed by atoms with van der Waals surface area (Å²) < 4.78 is 23.7. The predicted molar refractivity (Wildman–Crippen MR) is 55.9 cm³/mol. The van der Waals surface area contributed by atoms with Gasteiger partial charge in [-0.2, -0.15) is 0 Å². The summed E-state index contributed by atoms with van der Waals surface area (Å²) in [5.74, 6) is 0. The first-order valence-electron chi connectivity index (χ1n) is 3.48. The summed E-state index contributed by atoms with van der Waals surface area (Å²) in [5, 5.41) is 8.96. The average molecular weight is 301 g/mol. The zero-order valence-electron chi connectivity index (χ0n) is 7.11. The fourth-order valence-corrected chi connectivity index (χ4v) is 2.62. The number of hydroxylamine groups is 1. The largest absolute Gasteiger partial charge is 0.299 e. The molecule has 0 aliphatic heterocycles. The quantitative estimate of drug-likeness (QED) is 0.851. The molecule has 0 atom stereocenters. The fourth-order valence-electron chi connectivity index (χ4n) is 0.827. The van der Waals surface area contributed by atoms with Crippen LogP contribution in [0.25, 0.3) is 0 Å². The third-order valence-corrected chi connectivity index (χ3v) is 4.05. The number of hydrogen-bond donors (Lipinski definition) is 1. The highest BCUT2D eigenvalue weighted by molar-refractivity contribution is 9.10. The molecule has 1 aromatic carbocycles. The molecule has 0 bridgehead atoms. The third kappa shape index (κ3) is 2.26. The number of rotatable bonds is 2. The van der Waals surface area contributed by atoms with Crippen LogP contribution < -0.4 is 0 Å². The van der Waals surface area contributed by atoms with E-state index in [1.165, 1.54) is 18.2 Å². The highest BCUT2D eigenvalue weighted by Gasteiger charge is 2.21. The summed E-state index contributed by atoms with van der Waals surface area (Å²) in [6.07, 6.45) is 0. The van der Waals surface area contributed by atoms with E-state index in [0.29, 0.717) is 4.47 Å². The molecule has 0 amide bonds. The lowest BCUT2D eigenvalue weighted by atomic mass is 10.4. The molecule has 7 heteroatoms. The smallest absolute Gasteiger partial charge is 0.266 e. The molecular weight excluding hydrogens is 294 g/mol. The summed E-state index contributed by atoms with van der Waals surface area (Å²) in [7, 11) is -2.87. The first kappa shape index (κ1) is 11.9. The summed E-state index contributed by atoms with van der Waals surface area (Å²) in [5.41, 5.74) is 0. The zero-order valence-corrected chi connectivity index (χ0v) is 10.3. The van der Waals surface area contributed by atoms with E-state index in [1.54, 1.807) is 0 Å². The van der Waals surface area contributed by atoms with Gasteiger partial charge >= 0.3 is 0 Å². The van der Waals surface area contributed by atoms with E-state index in [-0.39, 0.29) is 14.4 Å². The van der Waals surface area contributed by atoms with E-state index in [1.807, 2.05) is 0 Å². The Hall–Kier alpha value is -0.140. The van der Waals surface area contributed by atoms with E-state index >= 15 is 0 Å². The van der Waals surface area contributed by atoms with Crippen LogP contribution in [0, 0.1) is 0 Å². The highest BCUT2D eigenvalue weighted by atomic mass is 79.9. The van der Waals surface area contributed by atoms with Gasteiger partial charge < -0.3 is 0 Å². The van der Waals surface area contributed by atoms with Crippen LogP contribution in [0.5, 0.6) is 0 Å². The Bertz CT molecular complexity index is 446. The highest BCUT2D eigenvalue weighted by Crippen LogP contribution is 2.26. The van der Waals surface area contributed by atoms with Gasteiger partial charge in [0.1, 0.15) is 4.90 Å². The van der Waals surface area contributed by atoms with Crippen LogP contribution in [0.2, 0.25) is 5.02 Å². The lowest BCUT2D eigenvalue weighted by molar-refractivity contribution is 0.0310. The number of benzene rings is 1. The number of nitrogens with zero attached hydrogens (tertiary/aromatic N) is 1. The summed E-state index contributed by atoms with van der Waals surface area (Å²) in [6, 6.07) is 4.29. The molecule has 4 nitrogen and oxygen atoms in total. The van der Waals surface area contributed by atoms with Crippen molar-refractivity contribution in [3.63, 3.8) is 0 Å². The zero-order chi connectivity index (χ0) is 10.9. The average Bonchev–Trinajstić information content (AvgIpc) is 2.02. The molecule has 0 spiro atoms. The monoisotopic (exact) mass is 299 g/mol. The summed E-state index contributed by atoms with van der Waals surface area (Å²) in [4.78, 5) is -0.132. The summed E-state index contributed by atoms with van der Waals surface area (Å²) in [6.45, 7) is 0. The normalized spacial score (nSPS) is 12.1. The van der Waals surface area contributed by atoms with Crippen LogP contribution in [0.1, 0.15) is 0 Å². The van der Waals surface area contributed by atoms with Gasteiger partial charge in [0.25, 0.3) is 10.0 Å². The number of halogens is 2. The van der Waals surface area contributed by atoms with E-state index in [9.17, 15) is 8.42 Å². The molecule has 14 heavy (non-hydrogen) atoms. The molecule has 0 saturated carbocycles.